The van der Waals surface area contributed by atoms with E-state index in [2.05, 4.69) is 49.9 Å². The van der Waals surface area contributed by atoms with E-state index < -0.39 is 5.91 Å². The van der Waals surface area contributed by atoms with Crippen molar-refractivity contribution in [3.63, 3.8) is 0 Å². The number of carbonyl (C=O) groups is 1. The van der Waals surface area contributed by atoms with Gasteiger partial charge in [-0.3, -0.25) is 9.69 Å². The van der Waals surface area contributed by atoms with Gasteiger partial charge in [-0.05, 0) is 31.6 Å². The lowest BCUT2D eigenvalue weighted by atomic mass is 10.2. The third kappa shape index (κ3) is 5.82. The second kappa shape index (κ2) is 11.6. The number of ether oxygens (including phenoxy) is 1. The molecule has 0 radical (unpaired) electrons. The highest BCUT2D eigenvalue weighted by atomic mass is 16.5. The van der Waals surface area contributed by atoms with Gasteiger partial charge in [-0.25, -0.2) is 9.67 Å². The maximum absolute atomic E-state index is 12.0. The molecule has 0 unspecified atom stereocenters. The van der Waals surface area contributed by atoms with Gasteiger partial charge in [-0.1, -0.05) is 6.58 Å². The number of terminal acetylenes is 1. The molecule has 0 aliphatic carbocycles. The van der Waals surface area contributed by atoms with Gasteiger partial charge in [0.15, 0.2) is 5.82 Å². The number of piperazine rings is 1. The van der Waals surface area contributed by atoms with Crippen LogP contribution in [0.5, 0.6) is 0 Å². The van der Waals surface area contributed by atoms with Crippen molar-refractivity contribution in [3.05, 3.63) is 47.9 Å². The first-order valence-electron chi connectivity index (χ1n) is 11.4. The van der Waals surface area contributed by atoms with Gasteiger partial charge in [0.1, 0.15) is 11.4 Å². The highest BCUT2D eigenvalue weighted by Gasteiger charge is 2.29. The fourth-order valence-electron chi connectivity index (χ4n) is 3.94. The van der Waals surface area contributed by atoms with Crippen LogP contribution in [0.1, 0.15) is 24.2 Å². The van der Waals surface area contributed by atoms with Crippen LogP contribution in [0.25, 0.3) is 5.70 Å². The van der Waals surface area contributed by atoms with Crippen molar-refractivity contribution in [3.8, 4) is 12.8 Å². The number of nitrogens with one attached hydrogen (secondary N) is 2. The summed E-state index contributed by atoms with van der Waals surface area (Å²) in [4.78, 5) is 21.4. The minimum Gasteiger partial charge on any atom is -0.388 e. The Balaban J connectivity index is 0.00000167. The van der Waals surface area contributed by atoms with Crippen molar-refractivity contribution in [2.24, 2.45) is 5.73 Å². The van der Waals surface area contributed by atoms with Gasteiger partial charge in [0.05, 0.1) is 31.1 Å². The molecule has 0 saturated carbocycles. The third-order valence-corrected chi connectivity index (χ3v) is 6.43. The van der Waals surface area contributed by atoms with Gasteiger partial charge in [0.2, 0.25) is 0 Å². The minimum atomic E-state index is -0.562. The summed E-state index contributed by atoms with van der Waals surface area (Å²) in [5, 5.41) is 10.7. The predicted molar refractivity (Wildman–Crippen MR) is 139 cm³/mol. The molecule has 2 saturated heterocycles. The van der Waals surface area contributed by atoms with Gasteiger partial charge >= 0.3 is 0 Å². The number of allylic oxidation sites excluding steroid dienone is 2. The van der Waals surface area contributed by atoms with Gasteiger partial charge in [-0.2, -0.15) is 0 Å². The Labute approximate surface area is 206 Å². The second-order valence-corrected chi connectivity index (χ2v) is 8.38. The zero-order chi connectivity index (χ0) is 25.5. The summed E-state index contributed by atoms with van der Waals surface area (Å²) in [5.41, 5.74) is 9.50. The van der Waals surface area contributed by atoms with Crippen molar-refractivity contribution in [2.45, 2.75) is 19.9 Å². The van der Waals surface area contributed by atoms with Crippen LogP contribution in [-0.4, -0.2) is 78.1 Å². The van der Waals surface area contributed by atoms with E-state index in [0.29, 0.717) is 23.2 Å². The van der Waals surface area contributed by atoms with Gasteiger partial charge < -0.3 is 26.0 Å². The standard InChI is InChI=1S/C23H32N8O2.C2H2/c1-15(16(2)25-4)17(3)31-12-20(22(24)32)23(28-31)27-21-6-5-18(11-26-21)29-7-9-30(10-8-29)19-13-33-14-19;1-2/h5-6,11-12,19,25H,2,7-10,13-14H2,1,3-4H3,(H2,24,32)(H,26,27,28);1-2H/b17-15+;. The van der Waals surface area contributed by atoms with Crippen molar-refractivity contribution in [1.82, 2.24) is 25.0 Å². The van der Waals surface area contributed by atoms with Gasteiger partial charge in [-0.15, -0.1) is 17.9 Å². The van der Waals surface area contributed by atoms with Crippen molar-refractivity contribution >= 4 is 28.9 Å². The summed E-state index contributed by atoms with van der Waals surface area (Å²) in [6.45, 7) is 13.5. The van der Waals surface area contributed by atoms with Crippen molar-refractivity contribution in [2.75, 3.05) is 56.7 Å². The highest BCUT2D eigenvalue weighted by molar-refractivity contribution is 5.98. The summed E-state index contributed by atoms with van der Waals surface area (Å²) in [6, 6.07) is 4.50. The average molecular weight is 479 g/mol. The normalized spacial score (nSPS) is 16.9. The number of pyridine rings is 1. The monoisotopic (exact) mass is 478 g/mol. The molecule has 4 heterocycles. The maximum Gasteiger partial charge on any atom is 0.254 e. The minimum absolute atomic E-state index is 0.291. The summed E-state index contributed by atoms with van der Waals surface area (Å²) in [5.74, 6) is 0.393. The molecule has 35 heavy (non-hydrogen) atoms. The van der Waals surface area contributed by atoms with E-state index in [1.807, 2.05) is 39.2 Å². The smallest absolute Gasteiger partial charge is 0.254 e. The molecule has 186 valence electrons. The Morgan fingerprint density at radius 1 is 1.20 bits per heavy atom. The van der Waals surface area contributed by atoms with E-state index in [1.165, 1.54) is 0 Å². The third-order valence-electron chi connectivity index (χ3n) is 6.43. The Morgan fingerprint density at radius 2 is 1.89 bits per heavy atom. The SMILES string of the molecule is C#C.C=C(NC)/C(C)=C(\C)n1cc(C(N)=O)c(Nc2ccc(N3CCN(C4COC4)CC3)cn2)n1. The van der Waals surface area contributed by atoms with Crippen LogP contribution in [-0.2, 0) is 4.74 Å². The first-order valence-corrected chi connectivity index (χ1v) is 11.4. The predicted octanol–water partition coefficient (Wildman–Crippen LogP) is 1.87. The maximum atomic E-state index is 12.0. The van der Waals surface area contributed by atoms with Crippen LogP contribution >= 0.6 is 0 Å². The van der Waals surface area contributed by atoms with Crippen LogP contribution in [0.4, 0.5) is 17.3 Å². The largest absolute Gasteiger partial charge is 0.388 e. The number of rotatable bonds is 8. The van der Waals surface area contributed by atoms with Crippen LogP contribution in [0.2, 0.25) is 0 Å². The lowest BCUT2D eigenvalue weighted by molar-refractivity contribution is -0.0660. The fraction of sp³-hybridized carbons (Fsp3) is 0.400. The van der Waals surface area contributed by atoms with E-state index in [-0.39, 0.29) is 0 Å². The summed E-state index contributed by atoms with van der Waals surface area (Å²) < 4.78 is 6.94. The summed E-state index contributed by atoms with van der Waals surface area (Å²) in [6.07, 6.45) is 11.5. The Bertz CT molecular complexity index is 1090. The number of primary amides is 1. The number of nitrogens with two attached hydrogens (primary N) is 1. The van der Waals surface area contributed by atoms with Crippen molar-refractivity contribution < 1.29 is 9.53 Å². The molecule has 0 atom stereocenters. The molecule has 0 bridgehead atoms. The number of nitrogens with zero attached hydrogens (tertiary/aromatic N) is 5. The molecule has 10 nitrogen and oxygen atoms in total. The van der Waals surface area contributed by atoms with E-state index in [0.717, 1.165) is 62.0 Å². The number of hydrogen-bond acceptors (Lipinski definition) is 8. The van der Waals surface area contributed by atoms with Gasteiger partial charge in [0.25, 0.3) is 5.91 Å². The Kier molecular flexibility index (Phi) is 8.52. The number of likely N-dealkylation sites (N-methyl/N-ethyl adjacent to an activating group) is 1. The molecule has 2 aromatic heterocycles. The molecular formula is C25H34N8O2. The van der Waals surface area contributed by atoms with Crippen LogP contribution < -0.4 is 21.3 Å². The lowest BCUT2D eigenvalue weighted by Crippen LogP contribution is -2.56. The molecule has 4 N–H and O–H groups in total. The lowest BCUT2D eigenvalue weighted by Gasteiger charge is -2.43. The molecule has 2 aliphatic rings. The van der Waals surface area contributed by atoms with E-state index >= 15 is 0 Å². The molecule has 0 aromatic carbocycles. The number of anilines is 3. The number of hydrogen-bond donors (Lipinski definition) is 3. The number of amides is 1. The topological polar surface area (TPSA) is 114 Å². The van der Waals surface area contributed by atoms with Crippen LogP contribution in [0.15, 0.2) is 42.4 Å². The second-order valence-electron chi connectivity index (χ2n) is 8.38. The summed E-state index contributed by atoms with van der Waals surface area (Å²) in [7, 11) is 1.81. The van der Waals surface area contributed by atoms with Crippen molar-refractivity contribution in [1.29, 1.82) is 0 Å². The number of aromatic nitrogens is 3. The Hall–Kier alpha value is -3.81. The molecular weight excluding hydrogens is 444 g/mol. The van der Waals surface area contributed by atoms with Crippen LogP contribution in [0.3, 0.4) is 0 Å². The van der Waals surface area contributed by atoms with Gasteiger partial charge in [0, 0.05) is 50.8 Å². The summed E-state index contributed by atoms with van der Waals surface area (Å²) >= 11 is 0. The molecule has 10 heteroatoms. The Morgan fingerprint density at radius 3 is 2.40 bits per heavy atom. The molecule has 0 spiro atoms. The zero-order valence-electron chi connectivity index (χ0n) is 20.6. The first-order chi connectivity index (χ1) is 16.9. The number of carbonyl (C=O) groups excluding carboxylic acids is 1. The molecule has 4 rings (SSSR count). The molecule has 2 aliphatic heterocycles. The average Bonchev–Trinajstić information content (AvgIpc) is 3.28. The van der Waals surface area contributed by atoms with E-state index in [9.17, 15) is 4.79 Å². The molecule has 1 amide bonds. The van der Waals surface area contributed by atoms with Crippen LogP contribution in [0, 0.1) is 12.8 Å². The first kappa shape index (κ1) is 25.8. The molecule has 2 aromatic rings. The van der Waals surface area contributed by atoms with E-state index in [4.69, 9.17) is 10.5 Å². The molecule has 2 fully saturated rings. The van der Waals surface area contributed by atoms with E-state index in [1.54, 1.807) is 10.9 Å². The quantitative estimate of drug-likeness (QED) is 0.389. The highest BCUT2D eigenvalue weighted by Crippen LogP contribution is 2.24. The fourth-order valence-corrected chi connectivity index (χ4v) is 3.94. The zero-order valence-corrected chi connectivity index (χ0v) is 20.6.